The second kappa shape index (κ2) is 7.47. The highest BCUT2D eigenvalue weighted by atomic mass is 32.2. The predicted octanol–water partition coefficient (Wildman–Crippen LogP) is 0.951. The summed E-state index contributed by atoms with van der Waals surface area (Å²) in [5, 5.41) is 3.00. The summed E-state index contributed by atoms with van der Waals surface area (Å²) in [6, 6.07) is 7.30. The molecule has 0 heterocycles. The number of hydrogen-bond donors (Lipinski definition) is 2. The van der Waals surface area contributed by atoms with Crippen LogP contribution in [0.15, 0.2) is 24.3 Å². The minimum absolute atomic E-state index is 0.476. The largest absolute Gasteiger partial charge is 0.378 e. The molecule has 0 atom stereocenters. The summed E-state index contributed by atoms with van der Waals surface area (Å²) in [6.07, 6.45) is 0.769. The minimum Gasteiger partial charge on any atom is -0.378 e. The summed E-state index contributed by atoms with van der Waals surface area (Å²) in [6.45, 7) is 1.26. The summed E-state index contributed by atoms with van der Waals surface area (Å²) < 4.78 is 28.2. The molecule has 7 heteroatoms. The normalized spacial score (nSPS) is 11.7. The Hall–Kier alpha value is -1.31. The molecule has 0 aliphatic rings. The number of nitrogens with one attached hydrogen (secondary N) is 2. The first-order chi connectivity index (χ1) is 9.36. The zero-order valence-electron chi connectivity index (χ0n) is 12.5. The lowest BCUT2D eigenvalue weighted by molar-refractivity contribution is 0.462. The predicted molar refractivity (Wildman–Crippen MR) is 84.5 cm³/mol. The zero-order chi connectivity index (χ0) is 15.2. The molecule has 1 aromatic rings. The van der Waals surface area contributed by atoms with Gasteiger partial charge in [-0.3, -0.25) is 4.72 Å². The Morgan fingerprint density at radius 2 is 1.90 bits per heavy atom. The summed E-state index contributed by atoms with van der Waals surface area (Å²) in [7, 11) is 3.75. The maximum absolute atomic E-state index is 12.2. The fourth-order valence-electron chi connectivity index (χ4n) is 1.67. The summed E-state index contributed by atoms with van der Waals surface area (Å²) in [4.78, 5) is 1.93. The van der Waals surface area contributed by atoms with E-state index >= 15 is 0 Å². The Balaban J connectivity index is 2.72. The molecule has 0 spiro atoms. The van der Waals surface area contributed by atoms with Crippen LogP contribution in [0.5, 0.6) is 0 Å². The molecule has 20 heavy (non-hydrogen) atoms. The van der Waals surface area contributed by atoms with Crippen molar-refractivity contribution in [3.8, 4) is 0 Å². The van der Waals surface area contributed by atoms with E-state index in [4.69, 9.17) is 0 Å². The Labute approximate surface area is 122 Å². The topological polar surface area (TPSA) is 64.7 Å². The van der Waals surface area contributed by atoms with Gasteiger partial charge < -0.3 is 10.2 Å². The first kappa shape index (κ1) is 16.7. The lowest BCUT2D eigenvalue weighted by atomic mass is 10.3. The van der Waals surface area contributed by atoms with E-state index in [2.05, 4.69) is 10.0 Å². The Kier molecular flexibility index (Phi) is 6.25. The molecule has 2 N–H and O–H groups in total. The van der Waals surface area contributed by atoms with Gasteiger partial charge in [0.05, 0.1) is 5.69 Å². The van der Waals surface area contributed by atoms with E-state index in [-0.39, 0.29) is 0 Å². The number of hydrogen-bond acceptors (Lipinski definition) is 4. The van der Waals surface area contributed by atoms with E-state index < -0.39 is 10.2 Å². The summed E-state index contributed by atoms with van der Waals surface area (Å²) in [5.74, 6) is 0. The molecule has 0 fully saturated rings. The van der Waals surface area contributed by atoms with E-state index in [0.717, 1.165) is 18.7 Å². The van der Waals surface area contributed by atoms with E-state index in [1.54, 1.807) is 19.2 Å². The Bertz CT molecular complexity index is 517. The van der Waals surface area contributed by atoms with Gasteiger partial charge in [-0.05, 0) is 38.2 Å². The molecule has 1 aromatic carbocycles. The SMILES string of the molecule is CNCCCN(C)S(=O)(=O)Nc1cccc(N(C)C)c1. The van der Waals surface area contributed by atoms with Gasteiger partial charge in [0, 0.05) is 33.4 Å². The van der Waals surface area contributed by atoms with Crippen molar-refractivity contribution in [2.45, 2.75) is 6.42 Å². The van der Waals surface area contributed by atoms with Crippen LogP contribution in [0.3, 0.4) is 0 Å². The maximum atomic E-state index is 12.2. The molecule has 0 aliphatic heterocycles. The summed E-state index contributed by atoms with van der Waals surface area (Å²) >= 11 is 0. The third kappa shape index (κ3) is 4.99. The molecule has 0 saturated carbocycles. The van der Waals surface area contributed by atoms with Crippen LogP contribution in [0.4, 0.5) is 11.4 Å². The van der Waals surface area contributed by atoms with E-state index in [1.165, 1.54) is 4.31 Å². The molecule has 6 nitrogen and oxygen atoms in total. The van der Waals surface area contributed by atoms with Gasteiger partial charge in [0.15, 0.2) is 0 Å². The van der Waals surface area contributed by atoms with Crippen molar-refractivity contribution in [2.75, 3.05) is 50.9 Å². The number of anilines is 2. The molecule has 0 aromatic heterocycles. The molecular weight excluding hydrogens is 276 g/mol. The van der Waals surface area contributed by atoms with Gasteiger partial charge in [0.1, 0.15) is 0 Å². The Morgan fingerprint density at radius 3 is 2.50 bits per heavy atom. The standard InChI is InChI=1S/C13H24N4O2S/c1-14-9-6-10-17(4)20(18,19)15-12-7-5-8-13(11-12)16(2)3/h5,7-8,11,14-15H,6,9-10H2,1-4H3. The van der Waals surface area contributed by atoms with Crippen LogP contribution in [0.1, 0.15) is 6.42 Å². The van der Waals surface area contributed by atoms with Gasteiger partial charge in [-0.2, -0.15) is 12.7 Å². The second-order valence-corrected chi connectivity index (χ2v) is 6.61. The van der Waals surface area contributed by atoms with Gasteiger partial charge in [-0.15, -0.1) is 0 Å². The first-order valence-electron chi connectivity index (χ1n) is 6.53. The molecule has 0 bridgehead atoms. The van der Waals surface area contributed by atoms with E-state index in [1.807, 2.05) is 38.2 Å². The average Bonchev–Trinajstić information content (AvgIpc) is 2.38. The van der Waals surface area contributed by atoms with Crippen molar-refractivity contribution in [2.24, 2.45) is 0 Å². The van der Waals surface area contributed by atoms with E-state index in [0.29, 0.717) is 12.2 Å². The lowest BCUT2D eigenvalue weighted by Gasteiger charge is -2.19. The monoisotopic (exact) mass is 300 g/mol. The smallest absolute Gasteiger partial charge is 0.301 e. The van der Waals surface area contributed by atoms with Crippen molar-refractivity contribution in [3.63, 3.8) is 0 Å². The van der Waals surface area contributed by atoms with E-state index in [9.17, 15) is 8.42 Å². The third-order valence-electron chi connectivity index (χ3n) is 2.92. The number of benzene rings is 1. The molecule has 0 amide bonds. The fourth-order valence-corrected chi connectivity index (χ4v) is 2.62. The van der Waals surface area contributed by atoms with Crippen molar-refractivity contribution in [1.29, 1.82) is 0 Å². The van der Waals surface area contributed by atoms with Crippen LogP contribution in [0.2, 0.25) is 0 Å². The molecular formula is C13H24N4O2S. The van der Waals surface area contributed by atoms with Gasteiger partial charge >= 0.3 is 10.2 Å². The van der Waals surface area contributed by atoms with Crippen LogP contribution in [0.25, 0.3) is 0 Å². The van der Waals surface area contributed by atoms with Crippen LogP contribution >= 0.6 is 0 Å². The average molecular weight is 300 g/mol. The maximum Gasteiger partial charge on any atom is 0.301 e. The molecule has 0 unspecified atom stereocenters. The van der Waals surface area contributed by atoms with Crippen molar-refractivity contribution in [1.82, 2.24) is 9.62 Å². The molecule has 0 aliphatic carbocycles. The van der Waals surface area contributed by atoms with Crippen LogP contribution in [-0.2, 0) is 10.2 Å². The lowest BCUT2D eigenvalue weighted by Crippen LogP contribution is -2.34. The first-order valence-corrected chi connectivity index (χ1v) is 7.97. The van der Waals surface area contributed by atoms with Crippen LogP contribution in [0, 0.1) is 0 Å². The second-order valence-electron chi connectivity index (χ2n) is 4.83. The van der Waals surface area contributed by atoms with Gasteiger partial charge in [0.2, 0.25) is 0 Å². The highest BCUT2D eigenvalue weighted by Gasteiger charge is 2.17. The minimum atomic E-state index is -3.50. The third-order valence-corrected chi connectivity index (χ3v) is 4.42. The van der Waals surface area contributed by atoms with Gasteiger partial charge in [-0.25, -0.2) is 0 Å². The van der Waals surface area contributed by atoms with Crippen molar-refractivity contribution >= 4 is 21.6 Å². The highest BCUT2D eigenvalue weighted by Crippen LogP contribution is 2.18. The van der Waals surface area contributed by atoms with Crippen LogP contribution in [-0.4, -0.2) is 54.0 Å². The number of rotatable bonds is 8. The Morgan fingerprint density at radius 1 is 1.20 bits per heavy atom. The fraction of sp³-hybridized carbons (Fsp3) is 0.538. The molecule has 1 rings (SSSR count). The zero-order valence-corrected chi connectivity index (χ0v) is 13.4. The molecule has 0 saturated heterocycles. The molecule has 114 valence electrons. The highest BCUT2D eigenvalue weighted by molar-refractivity contribution is 7.90. The van der Waals surface area contributed by atoms with Crippen LogP contribution < -0.4 is 14.9 Å². The number of nitrogens with zero attached hydrogens (tertiary/aromatic N) is 2. The van der Waals surface area contributed by atoms with Gasteiger partial charge in [0.25, 0.3) is 0 Å². The van der Waals surface area contributed by atoms with Crippen molar-refractivity contribution in [3.05, 3.63) is 24.3 Å². The quantitative estimate of drug-likeness (QED) is 0.702. The summed E-state index contributed by atoms with van der Waals surface area (Å²) in [5.41, 5.74) is 1.51. The van der Waals surface area contributed by atoms with Gasteiger partial charge in [-0.1, -0.05) is 6.07 Å². The van der Waals surface area contributed by atoms with Crippen molar-refractivity contribution < 1.29 is 8.42 Å². The molecule has 0 radical (unpaired) electrons.